The molecule has 2 rings (SSSR count). The van der Waals surface area contributed by atoms with Crippen molar-refractivity contribution in [2.45, 2.75) is 38.3 Å². The molecular formula is C15H20N2O2S2. The summed E-state index contributed by atoms with van der Waals surface area (Å²) in [5.74, 6) is 0. The molecule has 2 aromatic rings. The van der Waals surface area contributed by atoms with E-state index in [4.69, 9.17) is 5.73 Å². The van der Waals surface area contributed by atoms with E-state index in [0.29, 0.717) is 13.1 Å². The molecule has 3 N–H and O–H groups in total. The normalized spacial score (nSPS) is 11.8. The zero-order valence-corrected chi connectivity index (χ0v) is 13.9. The van der Waals surface area contributed by atoms with Crippen LogP contribution in [0.2, 0.25) is 0 Å². The van der Waals surface area contributed by atoms with Crippen LogP contribution >= 0.6 is 11.3 Å². The summed E-state index contributed by atoms with van der Waals surface area (Å²) in [5.41, 5.74) is 7.66. The van der Waals surface area contributed by atoms with Gasteiger partial charge in [-0.05, 0) is 48.7 Å². The van der Waals surface area contributed by atoms with Gasteiger partial charge in [0, 0.05) is 22.8 Å². The van der Waals surface area contributed by atoms with E-state index in [2.05, 4.69) is 4.72 Å². The number of hydrogen-bond donors (Lipinski definition) is 2. The molecule has 1 aromatic heterocycles. The number of sulfonamides is 1. The lowest BCUT2D eigenvalue weighted by Gasteiger charge is -2.10. The monoisotopic (exact) mass is 324 g/mol. The summed E-state index contributed by atoms with van der Waals surface area (Å²) in [5, 5.41) is 0. The molecule has 6 heteroatoms. The van der Waals surface area contributed by atoms with Crippen molar-refractivity contribution >= 4 is 21.4 Å². The highest BCUT2D eigenvalue weighted by atomic mass is 32.2. The molecule has 0 amide bonds. The molecule has 0 bridgehead atoms. The number of rotatable bonds is 6. The van der Waals surface area contributed by atoms with Crippen LogP contribution in [0.15, 0.2) is 35.2 Å². The van der Waals surface area contributed by atoms with E-state index < -0.39 is 10.0 Å². The molecule has 1 heterocycles. The van der Waals surface area contributed by atoms with Crippen LogP contribution in [0, 0.1) is 6.92 Å². The third-order valence-corrected chi connectivity index (χ3v) is 5.72. The van der Waals surface area contributed by atoms with Crippen molar-refractivity contribution in [1.82, 2.24) is 4.72 Å². The van der Waals surface area contributed by atoms with Crippen molar-refractivity contribution in [2.24, 2.45) is 5.73 Å². The van der Waals surface area contributed by atoms with Crippen LogP contribution in [-0.4, -0.2) is 8.42 Å². The van der Waals surface area contributed by atoms with Crippen molar-refractivity contribution < 1.29 is 8.42 Å². The van der Waals surface area contributed by atoms with Crippen LogP contribution in [-0.2, 0) is 29.5 Å². The predicted molar refractivity (Wildman–Crippen MR) is 86.8 cm³/mol. The minimum atomic E-state index is -3.51. The van der Waals surface area contributed by atoms with E-state index in [9.17, 15) is 8.42 Å². The predicted octanol–water partition coefficient (Wildman–Crippen LogP) is 2.56. The van der Waals surface area contributed by atoms with Gasteiger partial charge in [-0.3, -0.25) is 0 Å². The summed E-state index contributed by atoms with van der Waals surface area (Å²) in [7, 11) is -3.51. The quantitative estimate of drug-likeness (QED) is 0.858. The molecular weight excluding hydrogens is 304 g/mol. The Kier molecular flexibility index (Phi) is 5.16. The van der Waals surface area contributed by atoms with Crippen molar-refractivity contribution in [3.8, 4) is 0 Å². The van der Waals surface area contributed by atoms with Crippen LogP contribution in [0.1, 0.15) is 27.8 Å². The fraction of sp³-hybridized carbons (Fsp3) is 0.333. The van der Waals surface area contributed by atoms with E-state index in [1.165, 1.54) is 4.88 Å². The van der Waals surface area contributed by atoms with Crippen LogP contribution in [0.5, 0.6) is 0 Å². The number of nitrogens with two attached hydrogens (primary N) is 1. The molecule has 0 aliphatic heterocycles. The number of hydrogen-bond acceptors (Lipinski definition) is 4. The lowest BCUT2D eigenvalue weighted by atomic mass is 10.1. The Morgan fingerprint density at radius 1 is 1.19 bits per heavy atom. The molecule has 0 saturated carbocycles. The van der Waals surface area contributed by atoms with Gasteiger partial charge in [-0.1, -0.05) is 13.0 Å². The smallest absolute Gasteiger partial charge is 0.240 e. The molecule has 0 aliphatic carbocycles. The van der Waals surface area contributed by atoms with E-state index in [1.54, 1.807) is 23.5 Å². The van der Waals surface area contributed by atoms with Gasteiger partial charge in [0.1, 0.15) is 0 Å². The van der Waals surface area contributed by atoms with Gasteiger partial charge < -0.3 is 5.73 Å². The zero-order chi connectivity index (χ0) is 15.5. The Bertz CT molecular complexity index is 721. The molecule has 0 fully saturated rings. The molecule has 1 aromatic carbocycles. The van der Waals surface area contributed by atoms with Crippen LogP contribution in [0.4, 0.5) is 0 Å². The van der Waals surface area contributed by atoms with Gasteiger partial charge in [0.2, 0.25) is 10.0 Å². The van der Waals surface area contributed by atoms with Gasteiger partial charge in [0.25, 0.3) is 0 Å². The van der Waals surface area contributed by atoms with Crippen molar-refractivity contribution in [3.63, 3.8) is 0 Å². The maximum atomic E-state index is 12.3. The molecule has 4 nitrogen and oxygen atoms in total. The van der Waals surface area contributed by atoms with Gasteiger partial charge in [0.15, 0.2) is 0 Å². The summed E-state index contributed by atoms with van der Waals surface area (Å²) in [6, 6.07) is 9.07. The summed E-state index contributed by atoms with van der Waals surface area (Å²) < 4.78 is 27.3. The Balaban J connectivity index is 2.19. The highest BCUT2D eigenvalue weighted by molar-refractivity contribution is 7.89. The minimum absolute atomic E-state index is 0.272. The molecule has 0 unspecified atom stereocenters. The van der Waals surface area contributed by atoms with Gasteiger partial charge in [-0.2, -0.15) is 0 Å². The summed E-state index contributed by atoms with van der Waals surface area (Å²) >= 11 is 1.59. The highest BCUT2D eigenvalue weighted by Gasteiger charge is 2.15. The molecule has 0 saturated heterocycles. The van der Waals surface area contributed by atoms with Crippen molar-refractivity contribution in [2.75, 3.05) is 0 Å². The van der Waals surface area contributed by atoms with Gasteiger partial charge >= 0.3 is 0 Å². The van der Waals surface area contributed by atoms with Crippen LogP contribution in [0.3, 0.4) is 0 Å². The number of aryl methyl sites for hydroxylation is 2. The lowest BCUT2D eigenvalue weighted by molar-refractivity contribution is 0.581. The molecule has 114 valence electrons. The number of benzene rings is 1. The Labute approximate surface area is 130 Å². The lowest BCUT2D eigenvalue weighted by Crippen LogP contribution is -2.23. The van der Waals surface area contributed by atoms with E-state index in [0.717, 1.165) is 22.4 Å². The average molecular weight is 324 g/mol. The topological polar surface area (TPSA) is 72.2 Å². The second-order valence-electron chi connectivity index (χ2n) is 4.83. The van der Waals surface area contributed by atoms with E-state index in [-0.39, 0.29) is 4.90 Å². The first-order valence-electron chi connectivity index (χ1n) is 6.83. The van der Waals surface area contributed by atoms with E-state index in [1.807, 2.05) is 32.0 Å². The van der Waals surface area contributed by atoms with Gasteiger partial charge in [0.05, 0.1) is 4.90 Å². The number of thiophene rings is 1. The summed E-state index contributed by atoms with van der Waals surface area (Å²) in [6.45, 7) is 4.69. The fourth-order valence-corrected chi connectivity index (χ4v) is 4.11. The molecule has 21 heavy (non-hydrogen) atoms. The highest BCUT2D eigenvalue weighted by Crippen LogP contribution is 2.18. The standard InChI is InChI=1S/C15H20N2O2S2/c1-3-12-5-7-15(8-13(12)9-16)21(18,19)17-10-14-6-4-11(2)20-14/h4-8,17H,3,9-10,16H2,1-2H3. The first-order chi connectivity index (χ1) is 9.96. The second kappa shape index (κ2) is 6.70. The maximum absolute atomic E-state index is 12.3. The largest absolute Gasteiger partial charge is 0.326 e. The third kappa shape index (κ3) is 3.91. The third-order valence-electron chi connectivity index (χ3n) is 3.32. The number of nitrogens with one attached hydrogen (secondary N) is 1. The zero-order valence-electron chi connectivity index (χ0n) is 12.2. The Morgan fingerprint density at radius 2 is 1.95 bits per heavy atom. The van der Waals surface area contributed by atoms with Gasteiger partial charge in [-0.25, -0.2) is 13.1 Å². The first kappa shape index (κ1) is 16.2. The first-order valence-corrected chi connectivity index (χ1v) is 9.13. The Hall–Kier alpha value is -1.21. The molecule has 0 radical (unpaired) electrons. The van der Waals surface area contributed by atoms with Crippen LogP contribution in [0.25, 0.3) is 0 Å². The second-order valence-corrected chi connectivity index (χ2v) is 7.96. The fourth-order valence-electron chi connectivity index (χ4n) is 2.13. The Morgan fingerprint density at radius 3 is 2.52 bits per heavy atom. The minimum Gasteiger partial charge on any atom is -0.326 e. The molecule has 0 atom stereocenters. The summed E-state index contributed by atoms with van der Waals surface area (Å²) in [6.07, 6.45) is 0.842. The average Bonchev–Trinajstić information content (AvgIpc) is 2.90. The van der Waals surface area contributed by atoms with Crippen molar-refractivity contribution in [1.29, 1.82) is 0 Å². The summed E-state index contributed by atoms with van der Waals surface area (Å²) in [4.78, 5) is 2.44. The molecule has 0 aliphatic rings. The molecule has 0 spiro atoms. The van der Waals surface area contributed by atoms with Crippen LogP contribution < -0.4 is 10.5 Å². The van der Waals surface area contributed by atoms with E-state index >= 15 is 0 Å². The van der Waals surface area contributed by atoms with Gasteiger partial charge in [-0.15, -0.1) is 11.3 Å². The maximum Gasteiger partial charge on any atom is 0.240 e. The SMILES string of the molecule is CCc1ccc(S(=O)(=O)NCc2ccc(C)s2)cc1CN. The van der Waals surface area contributed by atoms with Crippen molar-refractivity contribution in [3.05, 3.63) is 51.2 Å².